The lowest BCUT2D eigenvalue weighted by molar-refractivity contribution is 0.0979. The summed E-state index contributed by atoms with van der Waals surface area (Å²) in [5.41, 5.74) is 2.04. The van der Waals surface area contributed by atoms with Crippen LogP contribution in [0.5, 0.6) is 5.75 Å². The zero-order chi connectivity index (χ0) is 13.7. The quantitative estimate of drug-likeness (QED) is 0.531. The highest BCUT2D eigenvalue weighted by molar-refractivity contribution is 5.96. The highest BCUT2D eigenvalue weighted by Gasteiger charge is 2.20. The average molecular weight is 260 g/mol. The van der Waals surface area contributed by atoms with Crippen molar-refractivity contribution in [2.45, 2.75) is 64.9 Å². The molecule has 1 aromatic rings. The summed E-state index contributed by atoms with van der Waals surface area (Å²) in [4.78, 5) is 12.1. The van der Waals surface area contributed by atoms with Gasteiger partial charge in [-0.2, -0.15) is 0 Å². The topological polar surface area (TPSA) is 26.3 Å². The minimum atomic E-state index is 0.245. The molecule has 1 heterocycles. The van der Waals surface area contributed by atoms with Crippen molar-refractivity contribution in [1.82, 2.24) is 0 Å². The third-order valence-electron chi connectivity index (χ3n) is 3.73. The van der Waals surface area contributed by atoms with E-state index in [4.69, 9.17) is 4.74 Å². The Hall–Kier alpha value is -1.31. The van der Waals surface area contributed by atoms with E-state index in [0.717, 1.165) is 24.2 Å². The first-order valence-electron chi connectivity index (χ1n) is 7.53. The summed E-state index contributed by atoms with van der Waals surface area (Å²) in [5, 5.41) is 0. The normalized spacial score (nSPS) is 17.1. The number of carbonyl (C=O) groups is 1. The predicted octanol–water partition coefficient (Wildman–Crippen LogP) is 4.55. The zero-order valence-electron chi connectivity index (χ0n) is 12.1. The van der Waals surface area contributed by atoms with E-state index in [9.17, 15) is 4.79 Å². The SMILES string of the molecule is CCCCCCCC(=O)c1ccc2c(c1)CC(C)O2. The number of hydrogen-bond donors (Lipinski definition) is 0. The number of fused-ring (bicyclic) bond motifs is 1. The fourth-order valence-corrected chi connectivity index (χ4v) is 2.63. The maximum Gasteiger partial charge on any atom is 0.162 e. The van der Waals surface area contributed by atoms with E-state index in [1.807, 2.05) is 18.2 Å². The molecule has 0 saturated heterocycles. The van der Waals surface area contributed by atoms with E-state index in [1.54, 1.807) is 0 Å². The Morgan fingerprint density at radius 2 is 2.05 bits per heavy atom. The monoisotopic (exact) mass is 260 g/mol. The van der Waals surface area contributed by atoms with Crippen molar-refractivity contribution in [1.29, 1.82) is 0 Å². The van der Waals surface area contributed by atoms with Gasteiger partial charge in [0.25, 0.3) is 0 Å². The van der Waals surface area contributed by atoms with Crippen molar-refractivity contribution in [2.75, 3.05) is 0 Å². The van der Waals surface area contributed by atoms with Crippen LogP contribution in [0, 0.1) is 0 Å². The number of unbranched alkanes of at least 4 members (excludes halogenated alkanes) is 4. The van der Waals surface area contributed by atoms with Crippen molar-refractivity contribution in [2.24, 2.45) is 0 Å². The van der Waals surface area contributed by atoms with Gasteiger partial charge in [0.05, 0.1) is 0 Å². The molecule has 104 valence electrons. The number of rotatable bonds is 7. The lowest BCUT2D eigenvalue weighted by atomic mass is 10.0. The zero-order valence-corrected chi connectivity index (χ0v) is 12.1. The van der Waals surface area contributed by atoms with Gasteiger partial charge in [-0.1, -0.05) is 32.6 Å². The molecule has 0 saturated carbocycles. The van der Waals surface area contributed by atoms with Gasteiger partial charge in [-0.05, 0) is 37.1 Å². The van der Waals surface area contributed by atoms with Crippen molar-refractivity contribution in [3.05, 3.63) is 29.3 Å². The van der Waals surface area contributed by atoms with Crippen LogP contribution in [0.25, 0.3) is 0 Å². The molecular weight excluding hydrogens is 236 g/mol. The van der Waals surface area contributed by atoms with E-state index < -0.39 is 0 Å². The molecule has 1 aromatic carbocycles. The van der Waals surface area contributed by atoms with E-state index in [0.29, 0.717) is 6.42 Å². The summed E-state index contributed by atoms with van der Waals surface area (Å²) in [7, 11) is 0. The molecular formula is C17H24O2. The van der Waals surface area contributed by atoms with Crippen LogP contribution in [0.1, 0.15) is 68.3 Å². The second-order valence-corrected chi connectivity index (χ2v) is 5.54. The first kappa shape index (κ1) is 14.1. The van der Waals surface area contributed by atoms with Gasteiger partial charge in [-0.15, -0.1) is 0 Å². The molecule has 1 aliphatic rings. The molecule has 0 spiro atoms. The predicted molar refractivity (Wildman–Crippen MR) is 77.9 cm³/mol. The van der Waals surface area contributed by atoms with Crippen LogP contribution in [0.15, 0.2) is 18.2 Å². The summed E-state index contributed by atoms with van der Waals surface area (Å²) >= 11 is 0. The van der Waals surface area contributed by atoms with Crippen LogP contribution in [0.4, 0.5) is 0 Å². The number of benzene rings is 1. The molecule has 19 heavy (non-hydrogen) atoms. The van der Waals surface area contributed by atoms with Crippen LogP contribution in [0.3, 0.4) is 0 Å². The molecule has 2 rings (SSSR count). The molecule has 0 aliphatic carbocycles. The van der Waals surface area contributed by atoms with Crippen LogP contribution in [-0.4, -0.2) is 11.9 Å². The first-order valence-corrected chi connectivity index (χ1v) is 7.53. The lowest BCUT2D eigenvalue weighted by Gasteiger charge is -2.04. The van der Waals surface area contributed by atoms with Crippen molar-refractivity contribution in [3.8, 4) is 5.75 Å². The Balaban J connectivity index is 1.85. The molecule has 0 N–H and O–H groups in total. The van der Waals surface area contributed by atoms with Gasteiger partial charge in [0, 0.05) is 18.4 Å². The lowest BCUT2D eigenvalue weighted by Crippen LogP contribution is -2.05. The number of hydrogen-bond acceptors (Lipinski definition) is 2. The Bertz CT molecular complexity index is 437. The Morgan fingerprint density at radius 1 is 1.26 bits per heavy atom. The molecule has 0 amide bonds. The maximum absolute atomic E-state index is 12.1. The first-order chi connectivity index (χ1) is 9.20. The number of carbonyl (C=O) groups excluding carboxylic acids is 1. The summed E-state index contributed by atoms with van der Waals surface area (Å²) in [5.74, 6) is 1.23. The van der Waals surface area contributed by atoms with Gasteiger partial charge in [-0.3, -0.25) is 4.79 Å². The number of Topliss-reactive ketones (excluding diaryl/α,β-unsaturated/α-hetero) is 1. The molecule has 1 unspecified atom stereocenters. The van der Waals surface area contributed by atoms with Gasteiger partial charge in [0.2, 0.25) is 0 Å². The summed E-state index contributed by atoms with van der Waals surface area (Å²) in [6, 6.07) is 5.88. The number of ether oxygens (including phenoxy) is 1. The summed E-state index contributed by atoms with van der Waals surface area (Å²) in [6.07, 6.45) is 7.81. The fourth-order valence-electron chi connectivity index (χ4n) is 2.63. The minimum Gasteiger partial charge on any atom is -0.490 e. The van der Waals surface area contributed by atoms with Crippen LogP contribution in [-0.2, 0) is 6.42 Å². The Labute approximate surface area is 116 Å². The van der Waals surface area contributed by atoms with E-state index in [-0.39, 0.29) is 11.9 Å². The van der Waals surface area contributed by atoms with Gasteiger partial charge in [-0.25, -0.2) is 0 Å². The van der Waals surface area contributed by atoms with Crippen LogP contribution in [0.2, 0.25) is 0 Å². The molecule has 1 atom stereocenters. The molecule has 2 heteroatoms. The maximum atomic E-state index is 12.1. The molecule has 1 aliphatic heterocycles. The molecule has 2 nitrogen and oxygen atoms in total. The van der Waals surface area contributed by atoms with E-state index in [2.05, 4.69) is 13.8 Å². The van der Waals surface area contributed by atoms with Gasteiger partial charge in [0.15, 0.2) is 5.78 Å². The second-order valence-electron chi connectivity index (χ2n) is 5.54. The Morgan fingerprint density at radius 3 is 2.84 bits per heavy atom. The molecule has 0 aromatic heterocycles. The van der Waals surface area contributed by atoms with E-state index in [1.165, 1.54) is 31.2 Å². The highest BCUT2D eigenvalue weighted by atomic mass is 16.5. The molecule has 0 fully saturated rings. The standard InChI is InChI=1S/C17H24O2/c1-3-4-5-6-7-8-16(18)14-9-10-17-15(12-14)11-13(2)19-17/h9-10,12-13H,3-8,11H2,1-2H3. The van der Waals surface area contributed by atoms with Gasteiger partial charge in [0.1, 0.15) is 11.9 Å². The van der Waals surface area contributed by atoms with E-state index >= 15 is 0 Å². The van der Waals surface area contributed by atoms with Crippen molar-refractivity contribution >= 4 is 5.78 Å². The summed E-state index contributed by atoms with van der Waals surface area (Å²) in [6.45, 7) is 4.27. The molecule has 0 bridgehead atoms. The average Bonchev–Trinajstić information content (AvgIpc) is 2.77. The third-order valence-corrected chi connectivity index (χ3v) is 3.73. The molecule has 0 radical (unpaired) electrons. The largest absolute Gasteiger partial charge is 0.490 e. The van der Waals surface area contributed by atoms with Gasteiger partial charge >= 0.3 is 0 Å². The van der Waals surface area contributed by atoms with Crippen molar-refractivity contribution in [3.63, 3.8) is 0 Å². The summed E-state index contributed by atoms with van der Waals surface area (Å²) < 4.78 is 5.66. The smallest absolute Gasteiger partial charge is 0.162 e. The van der Waals surface area contributed by atoms with Gasteiger partial charge < -0.3 is 4.74 Å². The fraction of sp³-hybridized carbons (Fsp3) is 0.588. The number of ketones is 1. The van der Waals surface area contributed by atoms with Crippen LogP contribution < -0.4 is 4.74 Å². The second kappa shape index (κ2) is 6.74. The Kier molecular flexibility index (Phi) is 5.00. The van der Waals surface area contributed by atoms with Crippen molar-refractivity contribution < 1.29 is 9.53 Å². The van der Waals surface area contributed by atoms with Crippen LogP contribution >= 0.6 is 0 Å². The third kappa shape index (κ3) is 3.82. The minimum absolute atomic E-state index is 0.245. The highest BCUT2D eigenvalue weighted by Crippen LogP contribution is 2.29.